The molecule has 0 bridgehead atoms. The van der Waals surface area contributed by atoms with Crippen molar-refractivity contribution in [2.24, 2.45) is 11.8 Å². The molecule has 2 aliphatic carbocycles. The van der Waals surface area contributed by atoms with Gasteiger partial charge in [0, 0.05) is 0 Å². The highest BCUT2D eigenvalue weighted by molar-refractivity contribution is 6.08. The SMILES string of the molecule is O=C(C#CC1C=CC=C1)C#CC1C=CC=C1. The highest BCUT2D eigenvalue weighted by Gasteiger charge is 1.99. The molecule has 0 spiro atoms. The van der Waals surface area contributed by atoms with Gasteiger partial charge in [0.1, 0.15) is 0 Å². The van der Waals surface area contributed by atoms with E-state index in [0.29, 0.717) is 0 Å². The smallest absolute Gasteiger partial charge is 0.270 e. The first-order chi connectivity index (χ1) is 7.84. The molecule has 0 amide bonds. The fourth-order valence-electron chi connectivity index (χ4n) is 1.39. The van der Waals surface area contributed by atoms with E-state index in [1.54, 1.807) is 0 Å². The van der Waals surface area contributed by atoms with Crippen molar-refractivity contribution in [3.63, 3.8) is 0 Å². The molecule has 0 atom stereocenters. The first-order valence-corrected chi connectivity index (χ1v) is 5.11. The predicted molar refractivity (Wildman–Crippen MR) is 64.1 cm³/mol. The Bertz CT molecular complexity index is 449. The molecule has 1 nitrogen and oxygen atoms in total. The maximum absolute atomic E-state index is 11.3. The van der Waals surface area contributed by atoms with Crippen LogP contribution in [0.5, 0.6) is 0 Å². The number of Topliss-reactive ketones (excluding diaryl/α,β-unsaturated/α-hetero) is 1. The van der Waals surface area contributed by atoms with E-state index in [2.05, 4.69) is 23.7 Å². The molecule has 0 unspecified atom stereocenters. The van der Waals surface area contributed by atoms with E-state index in [-0.39, 0.29) is 17.6 Å². The van der Waals surface area contributed by atoms with Gasteiger partial charge in [-0.05, 0) is 11.8 Å². The van der Waals surface area contributed by atoms with Crippen LogP contribution in [0.1, 0.15) is 0 Å². The van der Waals surface area contributed by atoms with Gasteiger partial charge in [0.2, 0.25) is 0 Å². The molecule has 0 saturated carbocycles. The van der Waals surface area contributed by atoms with Crippen LogP contribution in [0, 0.1) is 35.5 Å². The lowest BCUT2D eigenvalue weighted by Gasteiger charge is -1.88. The average Bonchev–Trinajstić information content (AvgIpc) is 2.96. The van der Waals surface area contributed by atoms with E-state index in [0.717, 1.165) is 0 Å². The number of carbonyl (C=O) groups is 1. The van der Waals surface area contributed by atoms with Crippen LogP contribution in [0.15, 0.2) is 48.6 Å². The maximum Gasteiger partial charge on any atom is 0.279 e. The van der Waals surface area contributed by atoms with Gasteiger partial charge in [0.15, 0.2) is 0 Å². The van der Waals surface area contributed by atoms with E-state index in [1.165, 1.54) is 0 Å². The van der Waals surface area contributed by atoms with E-state index < -0.39 is 0 Å². The Balaban J connectivity index is 1.93. The quantitative estimate of drug-likeness (QED) is 0.438. The van der Waals surface area contributed by atoms with Gasteiger partial charge in [-0.15, -0.1) is 0 Å². The zero-order valence-corrected chi connectivity index (χ0v) is 8.68. The van der Waals surface area contributed by atoms with Crippen molar-refractivity contribution >= 4 is 5.78 Å². The van der Waals surface area contributed by atoms with Crippen molar-refractivity contribution < 1.29 is 4.79 Å². The molecule has 76 valence electrons. The summed E-state index contributed by atoms with van der Waals surface area (Å²) in [7, 11) is 0. The highest BCUT2D eigenvalue weighted by atomic mass is 16.1. The van der Waals surface area contributed by atoms with Crippen molar-refractivity contribution in [3.8, 4) is 23.7 Å². The highest BCUT2D eigenvalue weighted by Crippen LogP contribution is 2.07. The number of hydrogen-bond donors (Lipinski definition) is 0. The van der Waals surface area contributed by atoms with Crippen molar-refractivity contribution in [2.75, 3.05) is 0 Å². The van der Waals surface area contributed by atoms with E-state index in [9.17, 15) is 4.79 Å². The van der Waals surface area contributed by atoms with Gasteiger partial charge in [0.05, 0.1) is 11.8 Å². The lowest BCUT2D eigenvalue weighted by atomic mass is 10.1. The van der Waals surface area contributed by atoms with E-state index in [1.807, 2.05) is 48.6 Å². The zero-order chi connectivity index (χ0) is 11.2. The summed E-state index contributed by atoms with van der Waals surface area (Å²) in [6.07, 6.45) is 15.4. The number of ketones is 1. The fraction of sp³-hybridized carbons (Fsp3) is 0.133. The lowest BCUT2D eigenvalue weighted by Crippen LogP contribution is -1.91. The van der Waals surface area contributed by atoms with Gasteiger partial charge in [-0.2, -0.15) is 0 Å². The predicted octanol–water partition coefficient (Wildman–Crippen LogP) is 2.05. The van der Waals surface area contributed by atoms with E-state index >= 15 is 0 Å². The molecule has 0 aromatic carbocycles. The Morgan fingerprint density at radius 3 is 1.50 bits per heavy atom. The molecule has 0 saturated heterocycles. The van der Waals surface area contributed by atoms with Gasteiger partial charge >= 0.3 is 0 Å². The van der Waals surface area contributed by atoms with Gasteiger partial charge in [-0.25, -0.2) is 0 Å². The summed E-state index contributed by atoms with van der Waals surface area (Å²) in [6.45, 7) is 0. The number of carbonyl (C=O) groups excluding carboxylic acids is 1. The standard InChI is InChI=1S/C15H10O/c16-15(11-9-13-5-1-2-6-13)12-10-14-7-3-4-8-14/h1-8,13-14H. The first kappa shape index (κ1) is 10.3. The number of hydrogen-bond acceptors (Lipinski definition) is 1. The number of rotatable bonds is 0. The van der Waals surface area contributed by atoms with Crippen LogP contribution in [0.2, 0.25) is 0 Å². The van der Waals surface area contributed by atoms with E-state index in [4.69, 9.17) is 0 Å². The molecule has 0 aliphatic heterocycles. The summed E-state index contributed by atoms with van der Waals surface area (Å²) in [5.41, 5.74) is 0. The summed E-state index contributed by atoms with van der Waals surface area (Å²) < 4.78 is 0. The minimum atomic E-state index is -0.317. The Labute approximate surface area is 95.2 Å². The van der Waals surface area contributed by atoms with Gasteiger partial charge in [-0.1, -0.05) is 60.4 Å². The summed E-state index contributed by atoms with van der Waals surface area (Å²) >= 11 is 0. The Kier molecular flexibility index (Phi) is 3.22. The lowest BCUT2D eigenvalue weighted by molar-refractivity contribution is -0.108. The van der Waals surface area contributed by atoms with Crippen LogP contribution in [-0.2, 0) is 4.79 Å². The van der Waals surface area contributed by atoms with Crippen LogP contribution < -0.4 is 0 Å². The molecule has 0 fully saturated rings. The fourth-order valence-corrected chi connectivity index (χ4v) is 1.39. The molecule has 16 heavy (non-hydrogen) atoms. The van der Waals surface area contributed by atoms with Crippen molar-refractivity contribution in [1.29, 1.82) is 0 Å². The molecule has 0 aromatic rings. The molecule has 2 rings (SSSR count). The van der Waals surface area contributed by atoms with Gasteiger partial charge < -0.3 is 0 Å². The first-order valence-electron chi connectivity index (χ1n) is 5.11. The summed E-state index contributed by atoms with van der Waals surface area (Å²) in [5, 5.41) is 0. The van der Waals surface area contributed by atoms with Crippen LogP contribution in [0.25, 0.3) is 0 Å². The Morgan fingerprint density at radius 1 is 0.750 bits per heavy atom. The monoisotopic (exact) mass is 206 g/mol. The zero-order valence-electron chi connectivity index (χ0n) is 8.68. The number of allylic oxidation sites excluding steroid dienone is 8. The second kappa shape index (κ2) is 5.01. The molecule has 0 aromatic heterocycles. The molecular weight excluding hydrogens is 196 g/mol. The molecule has 0 radical (unpaired) electrons. The molecule has 0 heterocycles. The summed E-state index contributed by atoms with van der Waals surface area (Å²) in [4.78, 5) is 11.3. The summed E-state index contributed by atoms with van der Waals surface area (Å²) in [6, 6.07) is 0. The largest absolute Gasteiger partial charge is 0.279 e. The Hall–Kier alpha value is -2.25. The molecule has 2 aliphatic rings. The third kappa shape index (κ3) is 2.87. The van der Waals surface area contributed by atoms with Gasteiger partial charge in [-0.3, -0.25) is 4.79 Å². The third-order valence-electron chi connectivity index (χ3n) is 2.20. The molecule has 1 heteroatoms. The molecular formula is C15H10O. The summed E-state index contributed by atoms with van der Waals surface area (Å²) in [5.74, 6) is 10.6. The maximum atomic E-state index is 11.3. The Morgan fingerprint density at radius 2 is 1.12 bits per heavy atom. The van der Waals surface area contributed by atoms with Crippen LogP contribution in [0.4, 0.5) is 0 Å². The molecule has 0 N–H and O–H groups in total. The normalized spacial score (nSPS) is 17.0. The van der Waals surface area contributed by atoms with Crippen LogP contribution >= 0.6 is 0 Å². The van der Waals surface area contributed by atoms with Crippen molar-refractivity contribution in [3.05, 3.63) is 48.6 Å². The second-order valence-electron chi connectivity index (χ2n) is 3.46. The second-order valence-corrected chi connectivity index (χ2v) is 3.46. The van der Waals surface area contributed by atoms with Crippen molar-refractivity contribution in [1.82, 2.24) is 0 Å². The van der Waals surface area contributed by atoms with Crippen LogP contribution in [-0.4, -0.2) is 5.78 Å². The minimum Gasteiger partial charge on any atom is -0.270 e. The third-order valence-corrected chi connectivity index (χ3v) is 2.20. The van der Waals surface area contributed by atoms with Crippen molar-refractivity contribution in [2.45, 2.75) is 0 Å². The van der Waals surface area contributed by atoms with Crippen LogP contribution in [0.3, 0.4) is 0 Å². The average molecular weight is 206 g/mol. The minimum absolute atomic E-state index is 0.0667. The topological polar surface area (TPSA) is 17.1 Å². The van der Waals surface area contributed by atoms with Gasteiger partial charge in [0.25, 0.3) is 5.78 Å².